The number of rotatable bonds is 7. The summed E-state index contributed by atoms with van der Waals surface area (Å²) in [7, 11) is 1.73. The van der Waals surface area contributed by atoms with Crippen molar-refractivity contribution >= 4 is 17.2 Å². The molecule has 5 nitrogen and oxygen atoms in total. The number of carbonyl (C=O) groups is 1. The molecule has 1 aromatic heterocycles. The normalized spacial score (nSPS) is 21.3. The van der Waals surface area contributed by atoms with Crippen LogP contribution in [-0.2, 0) is 16.7 Å². The average molecular weight is 499 g/mol. The Morgan fingerprint density at radius 3 is 2.51 bits per heavy atom. The van der Waals surface area contributed by atoms with E-state index in [2.05, 4.69) is 33.2 Å². The monoisotopic (exact) mass is 498 g/mol. The van der Waals surface area contributed by atoms with Gasteiger partial charge in [0.15, 0.2) is 0 Å². The number of alkyl halides is 2. The molecule has 2 atom stereocenters. The highest BCUT2D eigenvalue weighted by atomic mass is 32.1. The van der Waals surface area contributed by atoms with Crippen molar-refractivity contribution in [3.63, 3.8) is 0 Å². The van der Waals surface area contributed by atoms with Crippen molar-refractivity contribution in [3.05, 3.63) is 87.6 Å². The van der Waals surface area contributed by atoms with Crippen LogP contribution in [0.4, 0.5) is 8.78 Å². The van der Waals surface area contributed by atoms with Gasteiger partial charge in [-0.05, 0) is 66.2 Å². The number of carbonyl (C=O) groups excluding carboxylic acids is 1. The zero-order valence-corrected chi connectivity index (χ0v) is 20.3. The number of benzene rings is 2. The van der Waals surface area contributed by atoms with Crippen molar-refractivity contribution in [3.8, 4) is 5.75 Å². The van der Waals surface area contributed by atoms with E-state index in [0.29, 0.717) is 4.88 Å². The molecule has 8 heteroatoms. The van der Waals surface area contributed by atoms with E-state index in [1.165, 1.54) is 16.9 Å². The van der Waals surface area contributed by atoms with E-state index >= 15 is 0 Å². The highest BCUT2D eigenvalue weighted by molar-refractivity contribution is 7.12. The van der Waals surface area contributed by atoms with Crippen LogP contribution in [0.1, 0.15) is 45.2 Å². The third-order valence-corrected chi connectivity index (χ3v) is 8.14. The predicted molar refractivity (Wildman–Crippen MR) is 131 cm³/mol. The molecule has 5 rings (SSSR count). The van der Waals surface area contributed by atoms with Gasteiger partial charge in [0.25, 0.3) is 5.91 Å². The van der Waals surface area contributed by atoms with Gasteiger partial charge >= 0.3 is 6.61 Å². The molecule has 1 amide bonds. The summed E-state index contributed by atoms with van der Waals surface area (Å²) in [5.41, 5.74) is 3.27. The Balaban J connectivity index is 1.31. The molecule has 1 N–H and O–H groups in total. The first kappa shape index (κ1) is 23.9. The summed E-state index contributed by atoms with van der Waals surface area (Å²) in [6.45, 7) is -0.339. The Morgan fingerprint density at radius 1 is 1.11 bits per heavy atom. The Bertz CT molecular complexity index is 1150. The van der Waals surface area contributed by atoms with Crippen molar-refractivity contribution in [1.82, 2.24) is 10.2 Å². The van der Waals surface area contributed by atoms with Gasteiger partial charge in [0.1, 0.15) is 5.75 Å². The Kier molecular flexibility index (Phi) is 6.86. The molecule has 184 valence electrons. The minimum atomic E-state index is -2.82. The molecular formula is C27H28F2N2O3S. The van der Waals surface area contributed by atoms with Gasteiger partial charge in [-0.3, -0.25) is 9.69 Å². The number of likely N-dealkylation sites (tertiary alicyclic amines) is 1. The Hall–Kier alpha value is -2.81. The largest absolute Gasteiger partial charge is 0.435 e. The summed E-state index contributed by atoms with van der Waals surface area (Å²) in [5, 5.41) is 5.15. The first-order valence-corrected chi connectivity index (χ1v) is 12.6. The van der Waals surface area contributed by atoms with Gasteiger partial charge in [-0.2, -0.15) is 8.78 Å². The second kappa shape index (κ2) is 10.0. The number of amides is 1. The third kappa shape index (κ3) is 4.70. The molecule has 1 aliphatic carbocycles. The molecule has 1 spiro atoms. The predicted octanol–water partition coefficient (Wildman–Crippen LogP) is 5.38. The van der Waals surface area contributed by atoms with Crippen LogP contribution < -0.4 is 10.1 Å². The van der Waals surface area contributed by atoms with E-state index in [0.717, 1.165) is 43.6 Å². The molecule has 35 heavy (non-hydrogen) atoms. The second-order valence-corrected chi connectivity index (χ2v) is 10.1. The lowest BCUT2D eigenvalue weighted by Crippen LogP contribution is -2.50. The fraction of sp³-hybridized carbons (Fsp3) is 0.370. The van der Waals surface area contributed by atoms with Crippen LogP contribution >= 0.6 is 11.3 Å². The molecule has 0 radical (unpaired) electrons. The summed E-state index contributed by atoms with van der Waals surface area (Å²) < 4.78 is 35.4. The maximum Gasteiger partial charge on any atom is 0.387 e. The number of fused-ring (bicyclic) bond motifs is 2. The summed E-state index contributed by atoms with van der Waals surface area (Å²) >= 11 is 1.43. The van der Waals surface area contributed by atoms with E-state index in [4.69, 9.17) is 4.74 Å². The van der Waals surface area contributed by atoms with Crippen LogP contribution in [0.2, 0.25) is 0 Å². The lowest BCUT2D eigenvalue weighted by molar-refractivity contribution is -0.0498. The Labute approximate surface area is 207 Å². The van der Waals surface area contributed by atoms with Gasteiger partial charge in [0.05, 0.1) is 17.0 Å². The lowest BCUT2D eigenvalue weighted by Gasteiger charge is -2.44. The van der Waals surface area contributed by atoms with Gasteiger partial charge < -0.3 is 14.8 Å². The average Bonchev–Trinajstić information content (AvgIpc) is 3.48. The molecule has 3 aromatic rings. The van der Waals surface area contributed by atoms with E-state index in [-0.39, 0.29) is 29.2 Å². The number of piperidine rings is 1. The molecule has 2 heterocycles. The lowest BCUT2D eigenvalue weighted by atomic mass is 9.72. The van der Waals surface area contributed by atoms with Crippen LogP contribution in [0.15, 0.2) is 66.0 Å². The number of ether oxygens (including phenoxy) is 2. The van der Waals surface area contributed by atoms with E-state index in [9.17, 15) is 13.6 Å². The van der Waals surface area contributed by atoms with Crippen LogP contribution in [-0.4, -0.2) is 43.7 Å². The summed E-state index contributed by atoms with van der Waals surface area (Å²) in [6, 6.07) is 18.7. The zero-order chi connectivity index (χ0) is 24.4. The Morgan fingerprint density at radius 2 is 1.86 bits per heavy atom. The van der Waals surface area contributed by atoms with E-state index < -0.39 is 6.61 Å². The summed E-state index contributed by atoms with van der Waals surface area (Å²) in [4.78, 5) is 16.0. The topological polar surface area (TPSA) is 50.8 Å². The van der Waals surface area contributed by atoms with E-state index in [1.54, 1.807) is 19.2 Å². The highest BCUT2D eigenvalue weighted by Crippen LogP contribution is 2.52. The molecule has 0 bridgehead atoms. The first-order valence-electron chi connectivity index (χ1n) is 11.7. The first-order chi connectivity index (χ1) is 17.0. The standard InChI is InChI=1S/C27H28F2N2O3S/c1-33-24-23(30-25(32)22-7-4-16-35-22)20-5-2-3-6-21(20)27(24)12-14-31(15-13-27)17-18-8-10-19(11-9-18)34-26(28)29/h2-11,16,23-24,26H,12-15,17H2,1H3,(H,30,32)/t23-,24+/m1/s1. The number of hydrogen-bond acceptors (Lipinski definition) is 5. The maximum absolute atomic E-state index is 12.9. The van der Waals surface area contributed by atoms with Crippen LogP contribution in [0.3, 0.4) is 0 Å². The van der Waals surface area contributed by atoms with Crippen molar-refractivity contribution in [2.75, 3.05) is 20.2 Å². The molecule has 2 aliphatic rings. The number of thiophene rings is 1. The summed E-state index contributed by atoms with van der Waals surface area (Å²) in [6.07, 6.45) is 1.65. The van der Waals surface area contributed by atoms with Crippen molar-refractivity contribution in [2.24, 2.45) is 0 Å². The van der Waals surface area contributed by atoms with E-state index in [1.807, 2.05) is 35.7 Å². The quantitative estimate of drug-likeness (QED) is 0.475. The fourth-order valence-corrected chi connectivity index (χ4v) is 6.32. The highest BCUT2D eigenvalue weighted by Gasteiger charge is 2.54. The molecule has 1 saturated heterocycles. The minimum Gasteiger partial charge on any atom is -0.435 e. The van der Waals surface area contributed by atoms with Crippen molar-refractivity contribution in [2.45, 2.75) is 43.6 Å². The molecule has 0 unspecified atom stereocenters. The van der Waals surface area contributed by atoms with Crippen molar-refractivity contribution in [1.29, 1.82) is 0 Å². The number of nitrogens with one attached hydrogen (secondary N) is 1. The second-order valence-electron chi connectivity index (χ2n) is 9.13. The van der Waals surface area contributed by atoms with Gasteiger partial charge in [-0.1, -0.05) is 42.5 Å². The number of halogens is 2. The van der Waals surface area contributed by atoms with Gasteiger partial charge in [0, 0.05) is 19.1 Å². The maximum atomic E-state index is 12.9. The molecule has 2 aromatic carbocycles. The van der Waals surface area contributed by atoms with Gasteiger partial charge in [-0.25, -0.2) is 0 Å². The van der Waals surface area contributed by atoms with Crippen LogP contribution in [0.25, 0.3) is 0 Å². The van der Waals surface area contributed by atoms with Crippen molar-refractivity contribution < 1.29 is 23.0 Å². The molecule has 1 fully saturated rings. The zero-order valence-electron chi connectivity index (χ0n) is 19.5. The van der Waals surface area contributed by atoms with Gasteiger partial charge in [0.2, 0.25) is 0 Å². The smallest absolute Gasteiger partial charge is 0.387 e. The third-order valence-electron chi connectivity index (χ3n) is 7.27. The minimum absolute atomic E-state index is 0.0735. The van der Waals surface area contributed by atoms with Gasteiger partial charge in [-0.15, -0.1) is 11.3 Å². The molecule has 1 aliphatic heterocycles. The summed E-state index contributed by atoms with van der Waals surface area (Å²) in [5.74, 6) is 0.0955. The number of nitrogens with zero attached hydrogens (tertiary/aromatic N) is 1. The van der Waals surface area contributed by atoms with Crippen LogP contribution in [0, 0.1) is 0 Å². The number of hydrogen-bond donors (Lipinski definition) is 1. The molecule has 0 saturated carbocycles. The fourth-order valence-electron chi connectivity index (χ4n) is 5.69. The number of methoxy groups -OCH3 is 1. The molecular weight excluding hydrogens is 470 g/mol. The van der Waals surface area contributed by atoms with Crippen LogP contribution in [0.5, 0.6) is 5.75 Å². The SMILES string of the molecule is CO[C@H]1[C@H](NC(=O)c2cccs2)c2ccccc2C12CCN(Cc1ccc(OC(F)F)cc1)CC2.